The molecule has 0 spiro atoms. The number of phenolic OH excluding ortho intramolecular Hbond substituents is 1. The number of fused-ring (bicyclic) bond motifs is 1. The summed E-state index contributed by atoms with van der Waals surface area (Å²) in [7, 11) is 6.92. The second-order valence-corrected chi connectivity index (χ2v) is 9.47. The second-order valence-electron chi connectivity index (χ2n) is 9.47. The largest absolute Gasteiger partial charge is 0.502 e. The zero-order chi connectivity index (χ0) is 25.7. The number of ether oxygens (including phenoxy) is 2. The monoisotopic (exact) mass is 493 g/mol. The van der Waals surface area contributed by atoms with Crippen LogP contribution in [0.4, 0.5) is 11.8 Å². The Hall–Kier alpha value is -3.75. The minimum atomic E-state index is -0.0680. The van der Waals surface area contributed by atoms with E-state index in [-0.39, 0.29) is 29.6 Å². The fourth-order valence-corrected chi connectivity index (χ4v) is 4.71. The topological polar surface area (TPSA) is 109 Å². The molecule has 9 heteroatoms. The van der Waals surface area contributed by atoms with E-state index in [9.17, 15) is 9.90 Å². The number of aromatic hydroxyl groups is 1. The predicted octanol–water partition coefficient (Wildman–Crippen LogP) is 3.75. The number of nitrogens with zero attached hydrogens (tertiary/aromatic N) is 3. The van der Waals surface area contributed by atoms with E-state index in [1.807, 2.05) is 43.3 Å². The van der Waals surface area contributed by atoms with Crippen LogP contribution in [0.15, 0.2) is 36.4 Å². The number of methoxy groups -OCH3 is 2. The molecule has 1 aliphatic carbocycles. The molecular formula is C27H35N5O4. The fraction of sp³-hybridized carbons (Fsp3) is 0.444. The van der Waals surface area contributed by atoms with Gasteiger partial charge in [-0.05, 0) is 61.4 Å². The summed E-state index contributed by atoms with van der Waals surface area (Å²) in [5.41, 5.74) is 1.65. The molecule has 0 atom stereocenters. The highest BCUT2D eigenvalue weighted by atomic mass is 16.5. The van der Waals surface area contributed by atoms with E-state index in [4.69, 9.17) is 19.4 Å². The van der Waals surface area contributed by atoms with Gasteiger partial charge >= 0.3 is 0 Å². The zero-order valence-electron chi connectivity index (χ0n) is 21.4. The van der Waals surface area contributed by atoms with Gasteiger partial charge < -0.3 is 30.1 Å². The normalized spacial score (nSPS) is 17.4. The molecule has 1 saturated carbocycles. The number of amides is 1. The number of benzene rings is 2. The highest BCUT2D eigenvalue weighted by Crippen LogP contribution is 2.37. The van der Waals surface area contributed by atoms with Gasteiger partial charge in [0.15, 0.2) is 11.5 Å². The molecule has 0 aliphatic heterocycles. The van der Waals surface area contributed by atoms with E-state index >= 15 is 0 Å². The molecule has 36 heavy (non-hydrogen) atoms. The molecule has 1 fully saturated rings. The van der Waals surface area contributed by atoms with E-state index in [1.54, 1.807) is 12.1 Å². The van der Waals surface area contributed by atoms with Crippen molar-refractivity contribution in [3.8, 4) is 17.2 Å². The molecule has 2 aromatic carbocycles. The summed E-state index contributed by atoms with van der Waals surface area (Å²) in [5.74, 6) is 2.45. The van der Waals surface area contributed by atoms with Gasteiger partial charge in [0, 0.05) is 32.1 Å². The standard InChI is InChI=1S/C27H35N5O4/c1-32(2)26-20-7-5-6-8-21(20)30-27(31-26)29-19-11-9-17(10-12-19)16-28-24(33)15-18-13-22(35-3)25(34)23(14-18)36-4/h5-8,13-14,17,19,34H,9-12,15-16H2,1-4H3,(H,28,33)(H,29,30,31). The Labute approximate surface area is 211 Å². The Morgan fingerprint density at radius 2 is 1.72 bits per heavy atom. The quantitative estimate of drug-likeness (QED) is 0.414. The minimum absolute atomic E-state index is 0.0641. The van der Waals surface area contributed by atoms with Crippen LogP contribution in [0, 0.1) is 5.92 Å². The van der Waals surface area contributed by atoms with Crippen LogP contribution in [-0.4, -0.2) is 61.9 Å². The van der Waals surface area contributed by atoms with E-state index in [0.717, 1.165) is 48.0 Å². The molecule has 9 nitrogen and oxygen atoms in total. The Morgan fingerprint density at radius 3 is 2.36 bits per heavy atom. The number of hydrogen-bond acceptors (Lipinski definition) is 8. The zero-order valence-corrected chi connectivity index (χ0v) is 21.4. The molecule has 1 aliphatic rings. The summed E-state index contributed by atoms with van der Waals surface area (Å²) in [6.45, 7) is 0.648. The number of hydrogen-bond donors (Lipinski definition) is 3. The number of anilines is 2. The van der Waals surface area contributed by atoms with Gasteiger partial charge in [-0.15, -0.1) is 0 Å². The van der Waals surface area contributed by atoms with Gasteiger partial charge in [0.25, 0.3) is 0 Å². The Balaban J connectivity index is 1.28. The summed E-state index contributed by atoms with van der Waals surface area (Å²) >= 11 is 0. The lowest BCUT2D eigenvalue weighted by Crippen LogP contribution is -2.34. The molecular weight excluding hydrogens is 458 g/mol. The van der Waals surface area contributed by atoms with Crippen molar-refractivity contribution in [3.63, 3.8) is 0 Å². The van der Waals surface area contributed by atoms with Crippen LogP contribution in [0.5, 0.6) is 17.2 Å². The number of aromatic nitrogens is 2. The maximum atomic E-state index is 12.6. The van der Waals surface area contributed by atoms with Crippen molar-refractivity contribution in [2.24, 2.45) is 5.92 Å². The Kier molecular flexibility index (Phi) is 7.97. The third-order valence-corrected chi connectivity index (χ3v) is 6.68. The first-order valence-corrected chi connectivity index (χ1v) is 12.3. The molecule has 4 rings (SSSR count). The lowest BCUT2D eigenvalue weighted by molar-refractivity contribution is -0.120. The molecule has 1 amide bonds. The van der Waals surface area contributed by atoms with Gasteiger partial charge in [-0.1, -0.05) is 12.1 Å². The summed E-state index contributed by atoms with van der Waals surface area (Å²) in [4.78, 5) is 24.0. The van der Waals surface area contributed by atoms with Crippen molar-refractivity contribution in [2.45, 2.75) is 38.1 Å². The van der Waals surface area contributed by atoms with Gasteiger partial charge in [-0.2, -0.15) is 4.98 Å². The van der Waals surface area contributed by atoms with Crippen molar-refractivity contribution >= 4 is 28.6 Å². The number of rotatable bonds is 9. The van der Waals surface area contributed by atoms with E-state index in [1.165, 1.54) is 14.2 Å². The first-order chi connectivity index (χ1) is 17.4. The molecule has 0 radical (unpaired) electrons. The summed E-state index contributed by atoms with van der Waals surface area (Å²) in [5, 5.41) is 17.7. The summed E-state index contributed by atoms with van der Waals surface area (Å²) in [6, 6.07) is 11.7. The van der Waals surface area contributed by atoms with Gasteiger partial charge in [-0.3, -0.25) is 4.79 Å². The molecule has 3 N–H and O–H groups in total. The maximum Gasteiger partial charge on any atom is 0.225 e. The molecule has 1 heterocycles. The number of nitrogens with one attached hydrogen (secondary N) is 2. The van der Waals surface area contributed by atoms with Crippen LogP contribution in [-0.2, 0) is 11.2 Å². The summed E-state index contributed by atoms with van der Waals surface area (Å²) < 4.78 is 10.4. The SMILES string of the molecule is COc1cc(CC(=O)NCC2CCC(Nc3nc(N(C)C)c4ccccc4n3)CC2)cc(OC)c1O. The van der Waals surface area contributed by atoms with E-state index in [2.05, 4.69) is 10.6 Å². The molecule has 192 valence electrons. The number of carbonyl (C=O) groups excluding carboxylic acids is 1. The highest BCUT2D eigenvalue weighted by molar-refractivity contribution is 5.90. The third kappa shape index (κ3) is 5.90. The van der Waals surface area contributed by atoms with Crippen LogP contribution >= 0.6 is 0 Å². The maximum absolute atomic E-state index is 12.6. The fourth-order valence-electron chi connectivity index (χ4n) is 4.71. The van der Waals surface area contributed by atoms with Crippen LogP contribution in [0.1, 0.15) is 31.2 Å². The van der Waals surface area contributed by atoms with Gasteiger partial charge in [0.2, 0.25) is 17.6 Å². The highest BCUT2D eigenvalue weighted by Gasteiger charge is 2.23. The average molecular weight is 494 g/mol. The van der Waals surface area contributed by atoms with Crippen molar-refractivity contribution in [3.05, 3.63) is 42.0 Å². The van der Waals surface area contributed by atoms with Gasteiger partial charge in [0.1, 0.15) is 5.82 Å². The van der Waals surface area contributed by atoms with Gasteiger partial charge in [0.05, 0.1) is 26.2 Å². The van der Waals surface area contributed by atoms with Crippen LogP contribution in [0.25, 0.3) is 10.9 Å². The van der Waals surface area contributed by atoms with Crippen molar-refractivity contribution in [1.29, 1.82) is 0 Å². The third-order valence-electron chi connectivity index (χ3n) is 6.68. The molecule has 0 bridgehead atoms. The van der Waals surface area contributed by atoms with Crippen molar-refractivity contribution < 1.29 is 19.4 Å². The molecule has 3 aromatic rings. The molecule has 1 aromatic heterocycles. The molecule has 0 unspecified atom stereocenters. The average Bonchev–Trinajstić information content (AvgIpc) is 2.88. The number of phenols is 1. The van der Waals surface area contributed by atoms with Gasteiger partial charge in [-0.25, -0.2) is 4.98 Å². The van der Waals surface area contributed by atoms with Crippen LogP contribution in [0.3, 0.4) is 0 Å². The second kappa shape index (κ2) is 11.3. The van der Waals surface area contributed by atoms with Crippen LogP contribution < -0.4 is 25.0 Å². The predicted molar refractivity (Wildman–Crippen MR) is 141 cm³/mol. The van der Waals surface area contributed by atoms with E-state index in [0.29, 0.717) is 24.5 Å². The first-order valence-electron chi connectivity index (χ1n) is 12.3. The number of carbonyl (C=O) groups is 1. The van der Waals surface area contributed by atoms with Crippen molar-refractivity contribution in [1.82, 2.24) is 15.3 Å². The number of para-hydroxylation sites is 1. The van der Waals surface area contributed by atoms with Crippen molar-refractivity contribution in [2.75, 3.05) is 45.1 Å². The first kappa shape index (κ1) is 25.3. The smallest absolute Gasteiger partial charge is 0.225 e. The Morgan fingerprint density at radius 1 is 1.06 bits per heavy atom. The van der Waals surface area contributed by atoms with Crippen LogP contribution in [0.2, 0.25) is 0 Å². The minimum Gasteiger partial charge on any atom is -0.502 e. The van der Waals surface area contributed by atoms with E-state index < -0.39 is 0 Å². The summed E-state index contributed by atoms with van der Waals surface area (Å²) in [6.07, 6.45) is 4.23. The molecule has 0 saturated heterocycles. The lowest BCUT2D eigenvalue weighted by Gasteiger charge is -2.29. The Bertz CT molecular complexity index is 1180. The lowest BCUT2D eigenvalue weighted by atomic mass is 9.86.